The SMILES string of the molecule is N#Cc1cc(Br)ccc1OCc1ccc2ccccc2n1. The third kappa shape index (κ3) is 3.04. The van der Waals surface area contributed by atoms with Gasteiger partial charge in [-0.2, -0.15) is 5.26 Å². The number of nitriles is 1. The number of rotatable bonds is 3. The van der Waals surface area contributed by atoms with Crippen LogP contribution in [0.15, 0.2) is 59.1 Å². The molecule has 0 fully saturated rings. The molecule has 0 radical (unpaired) electrons. The van der Waals surface area contributed by atoms with E-state index in [4.69, 9.17) is 10.00 Å². The molecule has 0 aliphatic heterocycles. The lowest BCUT2D eigenvalue weighted by Crippen LogP contribution is -1.99. The largest absolute Gasteiger partial charge is 0.486 e. The van der Waals surface area contributed by atoms with Crippen molar-refractivity contribution in [3.8, 4) is 11.8 Å². The predicted molar refractivity (Wildman–Crippen MR) is 84.9 cm³/mol. The maximum absolute atomic E-state index is 9.11. The molecule has 0 aliphatic carbocycles. The fraction of sp³-hybridized carbons (Fsp3) is 0.0588. The topological polar surface area (TPSA) is 45.9 Å². The van der Waals surface area contributed by atoms with E-state index in [-0.39, 0.29) is 0 Å². The third-order valence-electron chi connectivity index (χ3n) is 3.09. The van der Waals surface area contributed by atoms with Crippen molar-refractivity contribution in [2.45, 2.75) is 6.61 Å². The Kier molecular flexibility index (Phi) is 3.85. The van der Waals surface area contributed by atoms with Crippen LogP contribution in [0.3, 0.4) is 0 Å². The van der Waals surface area contributed by atoms with Crippen molar-refractivity contribution in [1.29, 1.82) is 5.26 Å². The fourth-order valence-corrected chi connectivity index (χ4v) is 2.42. The molecule has 4 heteroatoms. The Morgan fingerprint density at radius 3 is 2.81 bits per heavy atom. The van der Waals surface area contributed by atoms with Crippen LogP contribution in [-0.4, -0.2) is 4.98 Å². The second kappa shape index (κ2) is 5.94. The van der Waals surface area contributed by atoms with E-state index in [0.717, 1.165) is 21.1 Å². The van der Waals surface area contributed by atoms with Crippen LogP contribution in [0.4, 0.5) is 0 Å². The average molecular weight is 339 g/mol. The highest BCUT2D eigenvalue weighted by molar-refractivity contribution is 9.10. The maximum atomic E-state index is 9.11. The van der Waals surface area contributed by atoms with Gasteiger partial charge in [-0.1, -0.05) is 40.2 Å². The van der Waals surface area contributed by atoms with E-state index in [1.165, 1.54) is 0 Å². The van der Waals surface area contributed by atoms with Gasteiger partial charge < -0.3 is 4.74 Å². The lowest BCUT2D eigenvalue weighted by atomic mass is 10.2. The molecule has 0 saturated carbocycles. The number of nitrogens with zero attached hydrogens (tertiary/aromatic N) is 2. The van der Waals surface area contributed by atoms with Crippen molar-refractivity contribution in [3.05, 3.63) is 70.3 Å². The van der Waals surface area contributed by atoms with Crippen LogP contribution >= 0.6 is 15.9 Å². The van der Waals surface area contributed by atoms with E-state index in [1.54, 1.807) is 12.1 Å². The normalized spacial score (nSPS) is 10.3. The van der Waals surface area contributed by atoms with Gasteiger partial charge in [0.15, 0.2) is 0 Å². The summed E-state index contributed by atoms with van der Waals surface area (Å²) in [6, 6.07) is 19.4. The Labute approximate surface area is 130 Å². The van der Waals surface area contributed by atoms with Crippen LogP contribution in [0.5, 0.6) is 5.75 Å². The highest BCUT2D eigenvalue weighted by Crippen LogP contribution is 2.23. The smallest absolute Gasteiger partial charge is 0.137 e. The first-order chi connectivity index (χ1) is 10.3. The summed E-state index contributed by atoms with van der Waals surface area (Å²) in [7, 11) is 0. The van der Waals surface area contributed by atoms with Gasteiger partial charge in [0.1, 0.15) is 18.4 Å². The number of para-hydroxylation sites is 1. The monoisotopic (exact) mass is 338 g/mol. The number of hydrogen-bond donors (Lipinski definition) is 0. The summed E-state index contributed by atoms with van der Waals surface area (Å²) >= 11 is 3.34. The molecule has 0 unspecified atom stereocenters. The molecule has 102 valence electrons. The van der Waals surface area contributed by atoms with E-state index < -0.39 is 0 Å². The van der Waals surface area contributed by atoms with Crippen LogP contribution in [0, 0.1) is 11.3 Å². The van der Waals surface area contributed by atoms with E-state index in [0.29, 0.717) is 17.9 Å². The molecular formula is C17H11BrN2O. The summed E-state index contributed by atoms with van der Waals surface area (Å²) in [5, 5.41) is 10.2. The van der Waals surface area contributed by atoms with Crippen molar-refractivity contribution >= 4 is 26.8 Å². The van der Waals surface area contributed by atoms with Crippen molar-refractivity contribution < 1.29 is 4.74 Å². The molecule has 3 aromatic rings. The standard InChI is InChI=1S/C17H11BrN2O/c18-14-6-8-17(13(9-14)10-19)21-11-15-7-5-12-3-1-2-4-16(12)20-15/h1-9H,11H2. The molecule has 3 rings (SSSR count). The van der Waals surface area contributed by atoms with Crippen LogP contribution < -0.4 is 4.74 Å². The van der Waals surface area contributed by atoms with Crippen LogP contribution in [-0.2, 0) is 6.61 Å². The van der Waals surface area contributed by atoms with E-state index in [9.17, 15) is 0 Å². The Hall–Kier alpha value is -2.38. The number of pyridine rings is 1. The maximum Gasteiger partial charge on any atom is 0.137 e. The Morgan fingerprint density at radius 2 is 1.95 bits per heavy atom. The van der Waals surface area contributed by atoms with Gasteiger partial charge in [0.25, 0.3) is 0 Å². The molecule has 21 heavy (non-hydrogen) atoms. The highest BCUT2D eigenvalue weighted by Gasteiger charge is 2.05. The average Bonchev–Trinajstić information content (AvgIpc) is 2.53. The van der Waals surface area contributed by atoms with Crippen LogP contribution in [0.2, 0.25) is 0 Å². The van der Waals surface area contributed by atoms with Crippen molar-refractivity contribution in [2.24, 2.45) is 0 Å². The highest BCUT2D eigenvalue weighted by atomic mass is 79.9. The number of halogens is 1. The molecule has 0 aliphatic rings. The van der Waals surface area contributed by atoms with Gasteiger partial charge in [-0.15, -0.1) is 0 Å². The Balaban J connectivity index is 1.82. The molecule has 1 aromatic heterocycles. The first kappa shape index (κ1) is 13.6. The molecule has 0 saturated heterocycles. The van der Waals surface area contributed by atoms with Gasteiger partial charge in [-0.25, -0.2) is 4.98 Å². The zero-order valence-corrected chi connectivity index (χ0v) is 12.7. The molecule has 0 amide bonds. The van der Waals surface area contributed by atoms with Crippen LogP contribution in [0.25, 0.3) is 10.9 Å². The summed E-state index contributed by atoms with van der Waals surface area (Å²) < 4.78 is 6.57. The molecule has 1 heterocycles. The zero-order chi connectivity index (χ0) is 14.7. The summed E-state index contributed by atoms with van der Waals surface area (Å²) in [4.78, 5) is 4.55. The molecular weight excluding hydrogens is 328 g/mol. The minimum Gasteiger partial charge on any atom is -0.486 e. The number of aromatic nitrogens is 1. The predicted octanol–water partition coefficient (Wildman–Crippen LogP) is 4.45. The van der Waals surface area contributed by atoms with Gasteiger partial charge in [0.2, 0.25) is 0 Å². The number of benzene rings is 2. The summed E-state index contributed by atoms with van der Waals surface area (Å²) in [5.41, 5.74) is 2.28. The van der Waals surface area contributed by atoms with Gasteiger partial charge in [-0.3, -0.25) is 0 Å². The van der Waals surface area contributed by atoms with Crippen molar-refractivity contribution in [2.75, 3.05) is 0 Å². The van der Waals surface area contributed by atoms with Crippen molar-refractivity contribution in [1.82, 2.24) is 4.98 Å². The van der Waals surface area contributed by atoms with Crippen LogP contribution in [0.1, 0.15) is 11.3 Å². The molecule has 0 atom stereocenters. The number of ether oxygens (including phenoxy) is 1. The quantitative estimate of drug-likeness (QED) is 0.708. The summed E-state index contributed by atoms with van der Waals surface area (Å²) in [6.07, 6.45) is 0. The second-order valence-electron chi connectivity index (χ2n) is 4.54. The zero-order valence-electron chi connectivity index (χ0n) is 11.1. The second-order valence-corrected chi connectivity index (χ2v) is 5.45. The van der Waals surface area contributed by atoms with Gasteiger partial charge in [-0.05, 0) is 30.3 Å². The van der Waals surface area contributed by atoms with E-state index in [2.05, 4.69) is 27.0 Å². The Morgan fingerprint density at radius 1 is 1.10 bits per heavy atom. The van der Waals surface area contributed by atoms with E-state index in [1.807, 2.05) is 42.5 Å². The summed E-state index contributed by atoms with van der Waals surface area (Å²) in [6.45, 7) is 0.334. The third-order valence-corrected chi connectivity index (χ3v) is 3.59. The minimum absolute atomic E-state index is 0.334. The first-order valence-corrected chi connectivity index (χ1v) is 7.23. The molecule has 0 N–H and O–H groups in total. The lowest BCUT2D eigenvalue weighted by molar-refractivity contribution is 0.301. The minimum atomic E-state index is 0.334. The van der Waals surface area contributed by atoms with Crippen molar-refractivity contribution in [3.63, 3.8) is 0 Å². The lowest BCUT2D eigenvalue weighted by Gasteiger charge is -2.08. The molecule has 2 aromatic carbocycles. The van der Waals surface area contributed by atoms with Gasteiger partial charge in [0, 0.05) is 9.86 Å². The number of hydrogen-bond acceptors (Lipinski definition) is 3. The molecule has 0 spiro atoms. The van der Waals surface area contributed by atoms with Gasteiger partial charge in [0.05, 0.1) is 16.8 Å². The first-order valence-electron chi connectivity index (χ1n) is 6.43. The molecule has 0 bridgehead atoms. The Bertz CT molecular complexity index is 840. The summed E-state index contributed by atoms with van der Waals surface area (Å²) in [5.74, 6) is 0.565. The van der Waals surface area contributed by atoms with Gasteiger partial charge >= 0.3 is 0 Å². The molecule has 3 nitrogen and oxygen atoms in total. The fourth-order valence-electron chi connectivity index (χ4n) is 2.06. The van der Waals surface area contributed by atoms with E-state index >= 15 is 0 Å². The number of fused-ring (bicyclic) bond motifs is 1.